The fraction of sp³-hybridized carbons (Fsp3) is 0.190. The van der Waals surface area contributed by atoms with Crippen LogP contribution in [0.3, 0.4) is 0 Å². The first-order valence-electron chi connectivity index (χ1n) is 8.46. The van der Waals surface area contributed by atoms with Crippen LogP contribution in [-0.2, 0) is 14.3 Å². The number of carboxylic acids is 1. The van der Waals surface area contributed by atoms with Gasteiger partial charge in [0.25, 0.3) is 5.91 Å². The van der Waals surface area contributed by atoms with Crippen LogP contribution in [-0.4, -0.2) is 36.1 Å². The number of anilines is 1. The summed E-state index contributed by atoms with van der Waals surface area (Å²) in [6.07, 6.45) is 1.65. The third kappa shape index (κ3) is 5.54. The van der Waals surface area contributed by atoms with Gasteiger partial charge in [0.05, 0.1) is 12.2 Å². The van der Waals surface area contributed by atoms with Gasteiger partial charge in [0.15, 0.2) is 0 Å². The van der Waals surface area contributed by atoms with Gasteiger partial charge in [-0.1, -0.05) is 30.3 Å². The highest BCUT2D eigenvalue weighted by molar-refractivity contribution is 6.09. The summed E-state index contributed by atoms with van der Waals surface area (Å²) in [5.41, 5.74) is 1.86. The first-order chi connectivity index (χ1) is 12.9. The highest BCUT2D eigenvalue weighted by Crippen LogP contribution is 2.18. The largest absolute Gasteiger partial charge is 0.478 e. The maximum absolute atomic E-state index is 12.9. The lowest BCUT2D eigenvalue weighted by Gasteiger charge is -2.22. The van der Waals surface area contributed by atoms with Crippen LogP contribution in [0, 0.1) is 0 Å². The normalized spacial score (nSPS) is 11.0. The van der Waals surface area contributed by atoms with Gasteiger partial charge in [0, 0.05) is 11.3 Å². The fourth-order valence-corrected chi connectivity index (χ4v) is 2.47. The smallest absolute Gasteiger partial charge is 0.335 e. The minimum absolute atomic E-state index is 0.171. The van der Waals surface area contributed by atoms with Crippen LogP contribution in [0.4, 0.5) is 5.69 Å². The first kappa shape index (κ1) is 19.9. The number of ether oxygens (including phenoxy) is 1. The van der Waals surface area contributed by atoms with Crippen molar-refractivity contribution in [2.75, 3.05) is 18.1 Å². The number of carboxylic acid groups (broad SMARTS) is 1. The summed E-state index contributed by atoms with van der Waals surface area (Å²) < 4.78 is 4.97. The van der Waals surface area contributed by atoms with E-state index in [1.807, 2.05) is 6.07 Å². The molecule has 0 saturated carbocycles. The van der Waals surface area contributed by atoms with Crippen molar-refractivity contribution >= 4 is 29.6 Å². The van der Waals surface area contributed by atoms with Crippen LogP contribution in [0.2, 0.25) is 0 Å². The van der Waals surface area contributed by atoms with E-state index in [0.29, 0.717) is 16.8 Å². The molecule has 0 unspecified atom stereocenters. The first-order valence-corrected chi connectivity index (χ1v) is 8.46. The van der Waals surface area contributed by atoms with Crippen LogP contribution in [0.25, 0.3) is 6.08 Å². The summed E-state index contributed by atoms with van der Waals surface area (Å²) >= 11 is 0. The average Bonchev–Trinajstić information content (AvgIpc) is 2.67. The Bertz CT molecular complexity index is 841. The van der Waals surface area contributed by atoms with E-state index < -0.39 is 11.9 Å². The minimum atomic E-state index is -1.01. The molecule has 1 N–H and O–H groups in total. The van der Waals surface area contributed by atoms with Crippen molar-refractivity contribution < 1.29 is 24.2 Å². The van der Waals surface area contributed by atoms with E-state index in [2.05, 4.69) is 0 Å². The third-order valence-electron chi connectivity index (χ3n) is 3.78. The molecule has 2 aromatic carbocycles. The number of hydrogen-bond acceptors (Lipinski definition) is 4. The number of carbonyl (C=O) groups excluding carboxylic acids is 2. The highest BCUT2D eigenvalue weighted by atomic mass is 16.5. The van der Waals surface area contributed by atoms with Crippen molar-refractivity contribution in [2.24, 2.45) is 0 Å². The summed E-state index contributed by atoms with van der Waals surface area (Å²) in [5.74, 6) is -1.84. The Kier molecular flexibility index (Phi) is 6.88. The van der Waals surface area contributed by atoms with Gasteiger partial charge < -0.3 is 9.84 Å². The highest BCUT2D eigenvalue weighted by Gasteiger charge is 2.21. The van der Waals surface area contributed by atoms with Crippen molar-refractivity contribution in [3.8, 4) is 0 Å². The van der Waals surface area contributed by atoms with E-state index in [9.17, 15) is 14.4 Å². The zero-order valence-electron chi connectivity index (χ0n) is 15.2. The lowest BCUT2D eigenvalue weighted by molar-refractivity contribution is -0.142. The molecule has 0 aliphatic carbocycles. The molecule has 0 aromatic heterocycles. The molecule has 0 aliphatic rings. The SMILES string of the molecule is CCOC(=O)CN(C(=O)/C(C)=C/c1ccc(C(=O)O)cc1)c1ccccc1. The zero-order chi connectivity index (χ0) is 19.8. The van der Waals surface area contributed by atoms with E-state index in [-0.39, 0.29) is 24.6 Å². The minimum Gasteiger partial charge on any atom is -0.478 e. The molecule has 0 aliphatic heterocycles. The van der Waals surface area contributed by atoms with Crippen LogP contribution in [0.1, 0.15) is 29.8 Å². The van der Waals surface area contributed by atoms with Gasteiger partial charge in [-0.05, 0) is 49.8 Å². The summed E-state index contributed by atoms with van der Waals surface area (Å²) in [6, 6.07) is 15.1. The van der Waals surface area contributed by atoms with Crippen molar-refractivity contribution in [1.29, 1.82) is 0 Å². The molecule has 2 aromatic rings. The number of aromatic carboxylic acids is 1. The van der Waals surface area contributed by atoms with Gasteiger partial charge >= 0.3 is 11.9 Å². The molecular weight excluding hydrogens is 346 g/mol. The lowest BCUT2D eigenvalue weighted by Crippen LogP contribution is -2.37. The Labute approximate surface area is 157 Å². The van der Waals surface area contributed by atoms with E-state index in [1.54, 1.807) is 56.3 Å². The number of hydrogen-bond donors (Lipinski definition) is 1. The van der Waals surface area contributed by atoms with Gasteiger partial charge in [-0.25, -0.2) is 4.79 Å². The van der Waals surface area contributed by atoms with E-state index in [0.717, 1.165) is 0 Å². The molecule has 0 radical (unpaired) electrons. The Hall–Kier alpha value is -3.41. The molecule has 0 heterocycles. The average molecular weight is 367 g/mol. The maximum atomic E-state index is 12.9. The summed E-state index contributed by atoms with van der Waals surface area (Å²) in [5, 5.41) is 8.95. The molecule has 6 nitrogen and oxygen atoms in total. The number of carbonyl (C=O) groups is 3. The maximum Gasteiger partial charge on any atom is 0.335 e. The van der Waals surface area contributed by atoms with E-state index >= 15 is 0 Å². The fourth-order valence-electron chi connectivity index (χ4n) is 2.47. The lowest BCUT2D eigenvalue weighted by atomic mass is 10.1. The molecule has 27 heavy (non-hydrogen) atoms. The van der Waals surface area contributed by atoms with Crippen LogP contribution >= 0.6 is 0 Å². The van der Waals surface area contributed by atoms with Gasteiger partial charge in [0.2, 0.25) is 0 Å². The van der Waals surface area contributed by atoms with E-state index in [1.165, 1.54) is 17.0 Å². The topological polar surface area (TPSA) is 83.9 Å². The van der Waals surface area contributed by atoms with Gasteiger partial charge in [-0.2, -0.15) is 0 Å². The van der Waals surface area contributed by atoms with Crippen molar-refractivity contribution in [1.82, 2.24) is 0 Å². The second-order valence-corrected chi connectivity index (χ2v) is 5.79. The van der Waals surface area contributed by atoms with Crippen molar-refractivity contribution in [3.63, 3.8) is 0 Å². The number of para-hydroxylation sites is 1. The molecule has 0 spiro atoms. The number of esters is 1. The van der Waals surface area contributed by atoms with Crippen molar-refractivity contribution in [2.45, 2.75) is 13.8 Å². The Balaban J connectivity index is 2.27. The molecule has 2 rings (SSSR count). The van der Waals surface area contributed by atoms with Gasteiger partial charge in [-0.3, -0.25) is 14.5 Å². The number of benzene rings is 2. The second kappa shape index (κ2) is 9.33. The molecule has 140 valence electrons. The molecule has 1 amide bonds. The molecule has 0 atom stereocenters. The standard InChI is InChI=1S/C21H21NO5/c1-3-27-19(23)14-22(18-7-5-4-6-8-18)20(24)15(2)13-16-9-11-17(12-10-16)21(25)26/h4-13H,3,14H2,1-2H3,(H,25,26)/b15-13+. The number of rotatable bonds is 7. The van der Waals surface area contributed by atoms with Gasteiger partial charge in [-0.15, -0.1) is 0 Å². The monoisotopic (exact) mass is 367 g/mol. The van der Waals surface area contributed by atoms with E-state index in [4.69, 9.17) is 9.84 Å². The predicted octanol–water partition coefficient (Wildman–Crippen LogP) is 3.38. The zero-order valence-corrected chi connectivity index (χ0v) is 15.2. The summed E-state index contributed by atoms with van der Waals surface area (Å²) in [7, 11) is 0. The van der Waals surface area contributed by atoms with Crippen molar-refractivity contribution in [3.05, 3.63) is 71.3 Å². The van der Waals surface area contributed by atoms with Gasteiger partial charge in [0.1, 0.15) is 6.54 Å². The quantitative estimate of drug-likeness (QED) is 0.599. The Morgan fingerprint density at radius 3 is 2.22 bits per heavy atom. The summed E-state index contributed by atoms with van der Waals surface area (Å²) in [6.45, 7) is 3.40. The summed E-state index contributed by atoms with van der Waals surface area (Å²) in [4.78, 5) is 37.1. The van der Waals surface area contributed by atoms with Crippen LogP contribution in [0.15, 0.2) is 60.2 Å². The molecule has 0 saturated heterocycles. The van der Waals surface area contributed by atoms with Crippen LogP contribution in [0.5, 0.6) is 0 Å². The Morgan fingerprint density at radius 1 is 1.04 bits per heavy atom. The third-order valence-corrected chi connectivity index (χ3v) is 3.78. The number of nitrogens with zero attached hydrogens (tertiary/aromatic N) is 1. The van der Waals surface area contributed by atoms with Crippen LogP contribution < -0.4 is 4.90 Å². The molecular formula is C21H21NO5. The predicted molar refractivity (Wildman–Crippen MR) is 102 cm³/mol. The second-order valence-electron chi connectivity index (χ2n) is 5.79. The Morgan fingerprint density at radius 2 is 1.67 bits per heavy atom. The number of amides is 1. The molecule has 6 heteroatoms. The molecule has 0 fully saturated rings. The molecule has 0 bridgehead atoms.